The maximum absolute atomic E-state index is 12.4. The van der Waals surface area contributed by atoms with Crippen LogP contribution in [0.3, 0.4) is 0 Å². The summed E-state index contributed by atoms with van der Waals surface area (Å²) in [6, 6.07) is 9.38. The lowest BCUT2D eigenvalue weighted by atomic mass is 10.1. The Labute approximate surface area is 170 Å². The fraction of sp³-hybridized carbons (Fsp3) is 0.500. The summed E-state index contributed by atoms with van der Waals surface area (Å²) in [6.45, 7) is 2.74. The monoisotopic (exact) mass is 377 g/mol. The summed E-state index contributed by atoms with van der Waals surface area (Å²) in [4.78, 5) is 12.4. The fourth-order valence-corrected chi connectivity index (χ4v) is 3.71. The molecular formula is C26H35NO. The van der Waals surface area contributed by atoms with E-state index in [1.165, 1.54) is 64.2 Å². The Hall–Kier alpha value is -2.27. The first kappa shape index (κ1) is 22.0. The number of para-hydroxylation sites is 1. The van der Waals surface area contributed by atoms with Gasteiger partial charge in [0.2, 0.25) is 0 Å². The second-order valence-corrected chi connectivity index (χ2v) is 7.61. The molecule has 0 fully saturated rings. The Morgan fingerprint density at radius 1 is 0.964 bits per heavy atom. The Morgan fingerprint density at radius 3 is 2.29 bits per heavy atom. The zero-order valence-corrected chi connectivity index (χ0v) is 17.5. The lowest BCUT2D eigenvalue weighted by molar-refractivity contribution is 0.558. The van der Waals surface area contributed by atoms with Crippen LogP contribution in [0.4, 0.5) is 0 Å². The maximum atomic E-state index is 12.4. The highest BCUT2D eigenvalue weighted by Crippen LogP contribution is 2.15. The minimum absolute atomic E-state index is 0.0578. The predicted octanol–water partition coefficient (Wildman–Crippen LogP) is 6.96. The molecule has 0 bridgehead atoms. The minimum Gasteiger partial charge on any atom is -0.329 e. The van der Waals surface area contributed by atoms with Gasteiger partial charge in [0, 0.05) is 17.1 Å². The zero-order chi connectivity index (χ0) is 20.0. The first-order valence-electron chi connectivity index (χ1n) is 11.0. The van der Waals surface area contributed by atoms with Gasteiger partial charge >= 0.3 is 0 Å². The normalized spacial score (nSPS) is 11.3. The van der Waals surface area contributed by atoms with Crippen molar-refractivity contribution >= 4 is 17.0 Å². The predicted molar refractivity (Wildman–Crippen MR) is 123 cm³/mol. The van der Waals surface area contributed by atoms with E-state index in [0.717, 1.165) is 23.0 Å². The van der Waals surface area contributed by atoms with E-state index < -0.39 is 0 Å². The van der Waals surface area contributed by atoms with E-state index in [1.54, 1.807) is 6.07 Å². The van der Waals surface area contributed by atoms with Crippen LogP contribution in [0.1, 0.15) is 83.2 Å². The van der Waals surface area contributed by atoms with Crippen LogP contribution in [-0.4, -0.2) is 4.57 Å². The number of terminal acetylenes is 1. The van der Waals surface area contributed by atoms with E-state index in [9.17, 15) is 4.79 Å². The maximum Gasteiger partial charge on any atom is 0.190 e. The number of benzene rings is 1. The largest absolute Gasteiger partial charge is 0.329 e. The second kappa shape index (κ2) is 13.0. The van der Waals surface area contributed by atoms with Crippen molar-refractivity contribution in [2.75, 3.05) is 0 Å². The molecule has 1 heterocycles. The fourth-order valence-electron chi connectivity index (χ4n) is 3.71. The summed E-state index contributed by atoms with van der Waals surface area (Å²) in [6.07, 6.45) is 24.3. The number of aromatic nitrogens is 1. The van der Waals surface area contributed by atoms with Crippen molar-refractivity contribution in [1.82, 2.24) is 4.57 Å². The van der Waals surface area contributed by atoms with Crippen LogP contribution in [0.15, 0.2) is 41.2 Å². The van der Waals surface area contributed by atoms with Crippen molar-refractivity contribution in [3.8, 4) is 12.3 Å². The van der Waals surface area contributed by atoms with Gasteiger partial charge in [0.25, 0.3) is 0 Å². The summed E-state index contributed by atoms with van der Waals surface area (Å²) in [7, 11) is 0. The van der Waals surface area contributed by atoms with Gasteiger partial charge in [-0.3, -0.25) is 4.79 Å². The first-order chi connectivity index (χ1) is 13.8. The molecule has 0 atom stereocenters. The Balaban J connectivity index is 1.78. The molecule has 1 aromatic carbocycles. The highest BCUT2D eigenvalue weighted by atomic mass is 16.1. The molecule has 0 amide bonds. The lowest BCUT2D eigenvalue weighted by Crippen LogP contribution is -2.11. The molecule has 150 valence electrons. The van der Waals surface area contributed by atoms with Crippen molar-refractivity contribution in [2.24, 2.45) is 0 Å². The smallest absolute Gasteiger partial charge is 0.190 e. The van der Waals surface area contributed by atoms with Crippen molar-refractivity contribution < 1.29 is 0 Å². The number of pyridine rings is 1. The van der Waals surface area contributed by atoms with Gasteiger partial charge in [0.1, 0.15) is 0 Å². The third-order valence-electron chi connectivity index (χ3n) is 5.31. The summed E-state index contributed by atoms with van der Waals surface area (Å²) in [5.74, 6) is 2.71. The van der Waals surface area contributed by atoms with Crippen molar-refractivity contribution in [3.63, 3.8) is 0 Å². The van der Waals surface area contributed by atoms with E-state index in [1.807, 2.05) is 28.8 Å². The zero-order valence-electron chi connectivity index (χ0n) is 17.5. The molecule has 0 saturated heterocycles. The summed E-state index contributed by atoms with van der Waals surface area (Å²) in [5, 5.41) is 0.726. The third-order valence-corrected chi connectivity index (χ3v) is 5.31. The van der Waals surface area contributed by atoms with Crippen molar-refractivity contribution in [2.45, 2.75) is 84.1 Å². The van der Waals surface area contributed by atoms with Crippen LogP contribution in [0.5, 0.6) is 0 Å². The number of unbranched alkanes of at least 4 members (excludes halogenated alkanes) is 10. The standard InChI is InChI=1S/C26H35NO/c1-3-5-6-7-8-9-10-11-12-13-14-15-18-23-22-26(28)24-19-16-17-20-25(24)27(23)21-4-2/h2,15-20,22H,3,5-14,21H2,1H3/b18-15+. The van der Waals surface area contributed by atoms with Crippen LogP contribution < -0.4 is 5.43 Å². The van der Waals surface area contributed by atoms with Crippen molar-refractivity contribution in [3.05, 3.63) is 52.3 Å². The Morgan fingerprint density at radius 2 is 1.61 bits per heavy atom. The number of allylic oxidation sites excluding steroid dienone is 1. The molecule has 2 heteroatoms. The molecule has 0 unspecified atom stereocenters. The van der Waals surface area contributed by atoms with E-state index in [0.29, 0.717) is 6.54 Å². The lowest BCUT2D eigenvalue weighted by Gasteiger charge is -2.12. The minimum atomic E-state index is 0.0578. The average molecular weight is 378 g/mol. The quantitative estimate of drug-likeness (QED) is 0.273. The molecule has 0 aliphatic heterocycles. The van der Waals surface area contributed by atoms with Gasteiger partial charge in [-0.05, 0) is 31.1 Å². The van der Waals surface area contributed by atoms with Crippen LogP contribution in [-0.2, 0) is 6.54 Å². The van der Waals surface area contributed by atoms with E-state index in [4.69, 9.17) is 6.42 Å². The first-order valence-corrected chi connectivity index (χ1v) is 11.0. The molecule has 2 nitrogen and oxygen atoms in total. The number of rotatable bonds is 13. The summed E-state index contributed by atoms with van der Waals surface area (Å²) < 4.78 is 2.05. The van der Waals surface area contributed by atoms with E-state index in [2.05, 4.69) is 25.0 Å². The van der Waals surface area contributed by atoms with Gasteiger partial charge < -0.3 is 4.57 Å². The third kappa shape index (κ3) is 7.04. The van der Waals surface area contributed by atoms with Crippen LogP contribution >= 0.6 is 0 Å². The van der Waals surface area contributed by atoms with Gasteiger partial charge in [-0.2, -0.15) is 0 Å². The molecule has 0 saturated carbocycles. The van der Waals surface area contributed by atoms with Gasteiger partial charge in [-0.15, -0.1) is 6.42 Å². The van der Waals surface area contributed by atoms with Crippen LogP contribution in [0.25, 0.3) is 17.0 Å². The van der Waals surface area contributed by atoms with Crippen LogP contribution in [0.2, 0.25) is 0 Å². The molecule has 0 aliphatic rings. The number of hydrogen-bond donors (Lipinski definition) is 0. The molecule has 1 aromatic heterocycles. The molecule has 2 aromatic rings. The molecular weight excluding hydrogens is 342 g/mol. The molecule has 0 radical (unpaired) electrons. The summed E-state index contributed by atoms with van der Waals surface area (Å²) in [5.41, 5.74) is 1.86. The molecule has 28 heavy (non-hydrogen) atoms. The molecule has 0 N–H and O–H groups in total. The summed E-state index contributed by atoms with van der Waals surface area (Å²) >= 11 is 0. The molecule has 0 aliphatic carbocycles. The second-order valence-electron chi connectivity index (χ2n) is 7.61. The van der Waals surface area contributed by atoms with Gasteiger partial charge in [-0.1, -0.05) is 88.8 Å². The van der Waals surface area contributed by atoms with Crippen molar-refractivity contribution in [1.29, 1.82) is 0 Å². The number of nitrogens with zero attached hydrogens (tertiary/aromatic N) is 1. The topological polar surface area (TPSA) is 22.0 Å². The highest BCUT2D eigenvalue weighted by molar-refractivity contribution is 5.80. The van der Waals surface area contributed by atoms with Gasteiger partial charge in [0.15, 0.2) is 5.43 Å². The van der Waals surface area contributed by atoms with Crippen LogP contribution in [0, 0.1) is 12.3 Å². The van der Waals surface area contributed by atoms with E-state index in [-0.39, 0.29) is 5.43 Å². The van der Waals surface area contributed by atoms with E-state index >= 15 is 0 Å². The van der Waals surface area contributed by atoms with Gasteiger partial charge in [-0.25, -0.2) is 0 Å². The SMILES string of the molecule is C#CCn1c(/C=C/CCCCCCCCCCCC)cc(=O)c2ccccc21. The highest BCUT2D eigenvalue weighted by Gasteiger charge is 2.05. The molecule has 2 rings (SSSR count). The molecule has 0 spiro atoms. The number of fused-ring (bicyclic) bond motifs is 1. The average Bonchev–Trinajstić information content (AvgIpc) is 2.71. The Bertz CT molecular complexity index is 838. The van der Waals surface area contributed by atoms with Gasteiger partial charge in [0.05, 0.1) is 12.1 Å². The number of hydrogen-bond acceptors (Lipinski definition) is 1. The Kier molecular flexibility index (Phi) is 10.2.